The number of carbonyl (C=O) groups is 1. The molecule has 35 heavy (non-hydrogen) atoms. The fraction of sp³-hybridized carbons (Fsp3) is 0.0714. The fourth-order valence-corrected chi connectivity index (χ4v) is 4.32. The van der Waals surface area contributed by atoms with Crippen LogP contribution in [0.25, 0.3) is 27.5 Å². The molecule has 5 rings (SSSR count). The van der Waals surface area contributed by atoms with Crippen molar-refractivity contribution in [3.8, 4) is 5.69 Å². The van der Waals surface area contributed by atoms with Crippen LogP contribution in [-0.2, 0) is 9.63 Å². The van der Waals surface area contributed by atoms with E-state index in [0.717, 1.165) is 44.2 Å². The number of benzene rings is 4. The van der Waals surface area contributed by atoms with Crippen LogP contribution in [0.4, 0.5) is 5.69 Å². The number of hydrogen-bond donors (Lipinski definition) is 0. The summed E-state index contributed by atoms with van der Waals surface area (Å²) in [5.41, 5.74) is 5.64. The molecule has 0 N–H and O–H groups in total. The zero-order valence-electron chi connectivity index (χ0n) is 19.1. The second-order valence-electron chi connectivity index (χ2n) is 8.22. The molecule has 5 aromatic rings. The van der Waals surface area contributed by atoms with Crippen LogP contribution in [0.5, 0.6) is 0 Å². The van der Waals surface area contributed by atoms with Gasteiger partial charge in [-0.05, 0) is 30.7 Å². The highest BCUT2D eigenvalue weighted by molar-refractivity contribution is 6.16. The van der Waals surface area contributed by atoms with Gasteiger partial charge < -0.3 is 9.40 Å². The molecule has 1 heterocycles. The summed E-state index contributed by atoms with van der Waals surface area (Å²) in [4.78, 5) is 27.8. The molecule has 0 fully saturated rings. The van der Waals surface area contributed by atoms with Crippen LogP contribution in [0.3, 0.4) is 0 Å². The van der Waals surface area contributed by atoms with E-state index in [1.165, 1.54) is 13.0 Å². The first-order chi connectivity index (χ1) is 16.9. The van der Waals surface area contributed by atoms with Gasteiger partial charge in [-0.3, -0.25) is 10.1 Å². The zero-order chi connectivity index (χ0) is 24.5. The van der Waals surface area contributed by atoms with Crippen LogP contribution in [-0.4, -0.2) is 21.2 Å². The van der Waals surface area contributed by atoms with Crippen LogP contribution in [0, 0.1) is 17.0 Å². The molecule has 7 heteroatoms. The Labute approximate surface area is 201 Å². The number of non-ortho nitro benzene ring substituents is 1. The largest absolute Gasteiger partial charge is 0.332 e. The van der Waals surface area contributed by atoms with Crippen molar-refractivity contribution < 1.29 is 14.6 Å². The van der Waals surface area contributed by atoms with Gasteiger partial charge in [-0.25, -0.2) is 4.79 Å². The Kier molecular flexibility index (Phi) is 5.58. The molecule has 0 amide bonds. The molecule has 0 radical (unpaired) electrons. The normalized spacial score (nSPS) is 11.7. The van der Waals surface area contributed by atoms with E-state index in [4.69, 9.17) is 4.84 Å². The van der Waals surface area contributed by atoms with Crippen molar-refractivity contribution >= 4 is 39.2 Å². The van der Waals surface area contributed by atoms with Gasteiger partial charge in [-0.15, -0.1) is 0 Å². The maximum atomic E-state index is 11.6. The smallest absolute Gasteiger partial charge is 0.318 e. The van der Waals surface area contributed by atoms with Crippen molar-refractivity contribution in [2.75, 3.05) is 0 Å². The third kappa shape index (κ3) is 4.04. The number of rotatable bonds is 5. The topological polar surface area (TPSA) is 86.7 Å². The number of nitrogens with zero attached hydrogens (tertiary/aromatic N) is 3. The van der Waals surface area contributed by atoms with Gasteiger partial charge in [0.1, 0.15) is 5.71 Å². The molecule has 0 saturated carbocycles. The molecule has 0 aliphatic carbocycles. The summed E-state index contributed by atoms with van der Waals surface area (Å²) in [6, 6.07) is 28.1. The first-order valence-corrected chi connectivity index (χ1v) is 11.0. The number of oxime groups is 1. The molecule has 0 aliphatic heterocycles. The van der Waals surface area contributed by atoms with Crippen molar-refractivity contribution in [3.05, 3.63) is 118 Å². The van der Waals surface area contributed by atoms with E-state index in [9.17, 15) is 14.9 Å². The van der Waals surface area contributed by atoms with Crippen molar-refractivity contribution in [3.63, 3.8) is 0 Å². The maximum Gasteiger partial charge on any atom is 0.332 e. The van der Waals surface area contributed by atoms with Crippen LogP contribution in [0.1, 0.15) is 23.6 Å². The molecule has 0 aliphatic rings. The highest BCUT2D eigenvalue weighted by Gasteiger charge is 2.20. The summed E-state index contributed by atoms with van der Waals surface area (Å²) >= 11 is 0. The molecule has 0 saturated heterocycles. The third-order valence-electron chi connectivity index (χ3n) is 5.83. The molecule has 0 spiro atoms. The van der Waals surface area contributed by atoms with Crippen LogP contribution < -0.4 is 0 Å². The van der Waals surface area contributed by atoms with E-state index in [-0.39, 0.29) is 10.6 Å². The van der Waals surface area contributed by atoms with Gasteiger partial charge in [-0.2, -0.15) is 0 Å². The van der Waals surface area contributed by atoms with Gasteiger partial charge in [0, 0.05) is 41.0 Å². The summed E-state index contributed by atoms with van der Waals surface area (Å²) in [6.45, 7) is 3.30. The first kappa shape index (κ1) is 22.0. The Balaban J connectivity index is 1.86. The van der Waals surface area contributed by atoms with Crippen LogP contribution >= 0.6 is 0 Å². The lowest BCUT2D eigenvalue weighted by molar-refractivity contribution is -0.384. The standard InChI is InChI=1S/C28H21N3O4/c1-18-12-14-23(28(29-35-19(2)32)20-8-4-3-5-9-20)27(16-18)30-25-11-7-6-10-22(25)24-17-21(31(33)34)13-15-26(24)30/h3-17H,1-2H3/b29-28+. The Hall–Kier alpha value is -4.78. The van der Waals surface area contributed by atoms with Crippen molar-refractivity contribution in [2.45, 2.75) is 13.8 Å². The number of aryl methyl sites for hydroxylation is 1. The number of aromatic nitrogens is 1. The van der Waals surface area contributed by atoms with Crippen molar-refractivity contribution in [2.24, 2.45) is 5.16 Å². The summed E-state index contributed by atoms with van der Waals surface area (Å²) in [5.74, 6) is -0.517. The summed E-state index contributed by atoms with van der Waals surface area (Å²) in [5, 5.41) is 17.4. The quantitative estimate of drug-likeness (QED) is 0.132. The van der Waals surface area contributed by atoms with Gasteiger partial charge in [0.2, 0.25) is 0 Å². The van der Waals surface area contributed by atoms with E-state index < -0.39 is 5.97 Å². The Morgan fingerprint density at radius 2 is 1.60 bits per heavy atom. The van der Waals surface area contributed by atoms with E-state index in [1.807, 2.05) is 79.7 Å². The Morgan fingerprint density at radius 3 is 2.34 bits per heavy atom. The molecule has 0 unspecified atom stereocenters. The SMILES string of the molecule is CC(=O)O/N=C(\c1ccccc1)c1ccc(C)cc1-n1c2ccccc2c2cc([N+](=O)[O-])ccc21. The minimum atomic E-state index is -0.517. The minimum Gasteiger partial charge on any atom is -0.318 e. The summed E-state index contributed by atoms with van der Waals surface area (Å²) in [6.07, 6.45) is 0. The lowest BCUT2D eigenvalue weighted by atomic mass is 9.99. The fourth-order valence-electron chi connectivity index (χ4n) is 4.32. The zero-order valence-corrected chi connectivity index (χ0v) is 19.1. The Bertz CT molecular complexity index is 1630. The van der Waals surface area contributed by atoms with Gasteiger partial charge >= 0.3 is 5.97 Å². The van der Waals surface area contributed by atoms with Gasteiger partial charge in [-0.1, -0.05) is 65.8 Å². The average molecular weight is 463 g/mol. The van der Waals surface area contributed by atoms with Crippen LogP contribution in [0.2, 0.25) is 0 Å². The first-order valence-electron chi connectivity index (χ1n) is 11.0. The number of nitro groups is 1. The highest BCUT2D eigenvalue weighted by atomic mass is 16.7. The van der Waals surface area contributed by atoms with Crippen LogP contribution in [0.15, 0.2) is 96.2 Å². The number of para-hydroxylation sites is 1. The minimum absolute atomic E-state index is 0.0336. The van der Waals surface area contributed by atoms with Crippen molar-refractivity contribution in [1.82, 2.24) is 4.57 Å². The molecular weight excluding hydrogens is 442 g/mol. The molecule has 172 valence electrons. The second kappa shape index (κ2) is 8.87. The molecule has 0 bridgehead atoms. The Morgan fingerprint density at radius 1 is 0.886 bits per heavy atom. The van der Waals surface area contributed by atoms with E-state index in [0.29, 0.717) is 5.71 Å². The van der Waals surface area contributed by atoms with Gasteiger partial charge in [0.25, 0.3) is 5.69 Å². The predicted octanol–water partition coefficient (Wildman–Crippen LogP) is 6.32. The molecular formula is C28H21N3O4. The molecule has 7 nitrogen and oxygen atoms in total. The highest BCUT2D eigenvalue weighted by Crippen LogP contribution is 2.36. The number of fused-ring (bicyclic) bond motifs is 3. The number of nitro benzene ring substituents is 1. The number of carbonyl (C=O) groups excluding carboxylic acids is 1. The molecule has 0 atom stereocenters. The van der Waals surface area contributed by atoms with E-state index in [1.54, 1.807) is 12.1 Å². The van der Waals surface area contributed by atoms with Crippen molar-refractivity contribution in [1.29, 1.82) is 0 Å². The number of hydrogen-bond acceptors (Lipinski definition) is 5. The monoisotopic (exact) mass is 463 g/mol. The lowest BCUT2D eigenvalue weighted by Crippen LogP contribution is -2.11. The maximum absolute atomic E-state index is 11.6. The van der Waals surface area contributed by atoms with Gasteiger partial charge in [0.05, 0.1) is 21.6 Å². The average Bonchev–Trinajstić information content (AvgIpc) is 3.19. The summed E-state index contributed by atoms with van der Waals surface area (Å²) in [7, 11) is 0. The molecule has 1 aromatic heterocycles. The lowest BCUT2D eigenvalue weighted by Gasteiger charge is -2.16. The summed E-state index contributed by atoms with van der Waals surface area (Å²) < 4.78 is 2.07. The van der Waals surface area contributed by atoms with Gasteiger partial charge in [0.15, 0.2) is 0 Å². The van der Waals surface area contributed by atoms with E-state index >= 15 is 0 Å². The second-order valence-corrected chi connectivity index (χ2v) is 8.22. The molecule has 4 aromatic carbocycles. The van der Waals surface area contributed by atoms with E-state index in [2.05, 4.69) is 9.72 Å². The predicted molar refractivity (Wildman–Crippen MR) is 136 cm³/mol. The third-order valence-corrected chi connectivity index (χ3v) is 5.83.